The molecule has 1 aliphatic heterocycles. The van der Waals surface area contributed by atoms with Crippen LogP contribution < -0.4 is 10.6 Å². The first-order valence-corrected chi connectivity index (χ1v) is 10.6. The molecule has 2 N–H and O–H groups in total. The monoisotopic (exact) mass is 394 g/mol. The predicted molar refractivity (Wildman–Crippen MR) is 115 cm³/mol. The lowest BCUT2D eigenvalue weighted by atomic mass is 10.0. The fourth-order valence-corrected chi connectivity index (χ4v) is 4.15. The Labute approximate surface area is 173 Å². The summed E-state index contributed by atoms with van der Waals surface area (Å²) in [5, 5.41) is 6.24. The van der Waals surface area contributed by atoms with Gasteiger partial charge in [0.2, 0.25) is 0 Å². The topological polar surface area (TPSA) is 58.2 Å². The van der Waals surface area contributed by atoms with E-state index in [-0.39, 0.29) is 24.0 Å². The number of hydrogen-bond donors (Lipinski definition) is 2. The second kappa shape index (κ2) is 9.70. The summed E-state index contributed by atoms with van der Waals surface area (Å²) in [5.74, 6) is -0.139. The molecule has 0 unspecified atom stereocenters. The van der Waals surface area contributed by atoms with E-state index < -0.39 is 0 Å². The van der Waals surface area contributed by atoms with Crippen LogP contribution in [-0.4, -0.2) is 42.1 Å². The van der Waals surface area contributed by atoms with Gasteiger partial charge in [0.05, 0.1) is 25.2 Å². The largest absolute Gasteiger partial charge is 0.416 e. The van der Waals surface area contributed by atoms with Gasteiger partial charge in [0.1, 0.15) is 0 Å². The standard InChI is InChI=1S/C24H31N3O2/c1-19(2)27(16-10-5-11-17-27)24(29)25-18-22(20-12-6-3-7-13-20)26-23(28)21-14-8-4-9-15-21/h3-4,6-9,12-15,19,22H,5,10-11,16-18H2,1-2H3,(H-,25,26,28,29)/p+1/t22-/m0/s1. The number of quaternary nitrogens is 1. The molecule has 3 rings (SSSR count). The van der Waals surface area contributed by atoms with Crippen LogP contribution in [0, 0.1) is 0 Å². The highest BCUT2D eigenvalue weighted by Gasteiger charge is 2.41. The van der Waals surface area contributed by atoms with Crippen molar-refractivity contribution >= 4 is 11.9 Å². The van der Waals surface area contributed by atoms with Gasteiger partial charge >= 0.3 is 6.03 Å². The third-order valence-corrected chi connectivity index (χ3v) is 6.01. The van der Waals surface area contributed by atoms with Crippen molar-refractivity contribution in [3.8, 4) is 0 Å². The van der Waals surface area contributed by atoms with Crippen LogP contribution in [-0.2, 0) is 0 Å². The number of nitrogens with zero attached hydrogens (tertiary/aromatic N) is 1. The molecule has 1 atom stereocenters. The van der Waals surface area contributed by atoms with Crippen molar-refractivity contribution in [3.05, 3.63) is 71.8 Å². The molecule has 1 aliphatic rings. The molecule has 0 radical (unpaired) electrons. The van der Waals surface area contributed by atoms with Crippen molar-refractivity contribution in [2.75, 3.05) is 19.6 Å². The van der Waals surface area contributed by atoms with Crippen LogP contribution in [0.25, 0.3) is 0 Å². The van der Waals surface area contributed by atoms with E-state index in [1.54, 1.807) is 12.1 Å². The van der Waals surface area contributed by atoms with E-state index in [9.17, 15) is 9.59 Å². The minimum absolute atomic E-state index is 0.0644. The number of carbonyl (C=O) groups is 2. The van der Waals surface area contributed by atoms with Crippen LogP contribution in [0.5, 0.6) is 0 Å². The molecule has 0 bridgehead atoms. The SMILES string of the molecule is CC(C)[N+]1(C(=O)NC[C@H](NC(=O)c2ccccc2)c2ccccc2)CCCCC1. The van der Waals surface area contributed by atoms with E-state index in [1.165, 1.54) is 6.42 Å². The molecular formula is C24H32N3O2+. The molecule has 0 aliphatic carbocycles. The zero-order valence-corrected chi connectivity index (χ0v) is 17.4. The Kier molecular flexibility index (Phi) is 7.04. The second-order valence-corrected chi connectivity index (χ2v) is 8.12. The number of urea groups is 1. The summed E-state index contributed by atoms with van der Waals surface area (Å²) in [6.07, 6.45) is 3.36. The Morgan fingerprint density at radius 2 is 1.48 bits per heavy atom. The van der Waals surface area contributed by atoms with Crippen LogP contribution >= 0.6 is 0 Å². The maximum Gasteiger partial charge on any atom is 0.416 e. The quantitative estimate of drug-likeness (QED) is 0.719. The lowest BCUT2D eigenvalue weighted by Gasteiger charge is -2.42. The van der Waals surface area contributed by atoms with Crippen molar-refractivity contribution in [2.24, 2.45) is 0 Å². The van der Waals surface area contributed by atoms with Gasteiger partial charge in [0, 0.05) is 12.1 Å². The highest BCUT2D eigenvalue weighted by atomic mass is 16.2. The fraction of sp³-hybridized carbons (Fsp3) is 0.417. The van der Waals surface area contributed by atoms with Gasteiger partial charge in [0.15, 0.2) is 0 Å². The molecule has 0 spiro atoms. The number of likely N-dealkylation sites (tertiary alicyclic amines) is 1. The van der Waals surface area contributed by atoms with E-state index >= 15 is 0 Å². The number of hydrogen-bond acceptors (Lipinski definition) is 2. The van der Waals surface area contributed by atoms with E-state index in [1.807, 2.05) is 48.5 Å². The summed E-state index contributed by atoms with van der Waals surface area (Å²) in [4.78, 5) is 25.9. The summed E-state index contributed by atoms with van der Waals surface area (Å²) in [6.45, 7) is 6.38. The average Bonchev–Trinajstić information content (AvgIpc) is 2.77. The summed E-state index contributed by atoms with van der Waals surface area (Å²) in [6, 6.07) is 19.0. The fourth-order valence-electron chi connectivity index (χ4n) is 4.15. The third kappa shape index (κ3) is 5.04. The first-order valence-electron chi connectivity index (χ1n) is 10.6. The van der Waals surface area contributed by atoms with Gasteiger partial charge in [-0.25, -0.2) is 9.28 Å². The molecule has 5 nitrogen and oxygen atoms in total. The Balaban J connectivity index is 1.73. The van der Waals surface area contributed by atoms with E-state index in [4.69, 9.17) is 0 Å². The smallest absolute Gasteiger partial charge is 0.343 e. The van der Waals surface area contributed by atoms with Crippen molar-refractivity contribution in [3.63, 3.8) is 0 Å². The minimum Gasteiger partial charge on any atom is -0.343 e. The molecule has 1 fully saturated rings. The van der Waals surface area contributed by atoms with Gasteiger partial charge in [-0.1, -0.05) is 48.5 Å². The molecule has 29 heavy (non-hydrogen) atoms. The highest BCUT2D eigenvalue weighted by Crippen LogP contribution is 2.24. The first-order chi connectivity index (χ1) is 14.0. The van der Waals surface area contributed by atoms with Gasteiger partial charge in [-0.15, -0.1) is 0 Å². The molecule has 2 aromatic carbocycles. The number of piperidine rings is 1. The van der Waals surface area contributed by atoms with Crippen molar-refractivity contribution in [2.45, 2.75) is 45.2 Å². The lowest BCUT2D eigenvalue weighted by molar-refractivity contribution is -0.876. The molecule has 2 aromatic rings. The average molecular weight is 395 g/mol. The Morgan fingerprint density at radius 1 is 0.897 bits per heavy atom. The van der Waals surface area contributed by atoms with Crippen LogP contribution in [0.2, 0.25) is 0 Å². The Hall–Kier alpha value is -2.66. The van der Waals surface area contributed by atoms with Crippen LogP contribution in [0.4, 0.5) is 4.79 Å². The van der Waals surface area contributed by atoms with E-state index in [0.29, 0.717) is 16.6 Å². The molecule has 154 valence electrons. The highest BCUT2D eigenvalue weighted by molar-refractivity contribution is 5.94. The number of nitrogens with one attached hydrogen (secondary N) is 2. The molecular weight excluding hydrogens is 362 g/mol. The molecule has 5 heteroatoms. The van der Waals surface area contributed by atoms with Crippen LogP contribution in [0.15, 0.2) is 60.7 Å². The number of rotatable bonds is 6. The van der Waals surface area contributed by atoms with E-state index in [0.717, 1.165) is 31.5 Å². The van der Waals surface area contributed by atoms with Gasteiger partial charge in [0.25, 0.3) is 5.91 Å². The van der Waals surface area contributed by atoms with Crippen molar-refractivity contribution < 1.29 is 14.1 Å². The van der Waals surface area contributed by atoms with Crippen LogP contribution in [0.1, 0.15) is 55.1 Å². The van der Waals surface area contributed by atoms with Gasteiger partial charge < -0.3 is 10.6 Å². The van der Waals surface area contributed by atoms with Crippen LogP contribution in [0.3, 0.4) is 0 Å². The maximum atomic E-state index is 13.2. The molecule has 1 heterocycles. The number of carbonyl (C=O) groups excluding carboxylic acids is 2. The molecule has 3 amide bonds. The molecule has 0 saturated carbocycles. The zero-order chi connectivity index (χ0) is 20.7. The summed E-state index contributed by atoms with van der Waals surface area (Å²) >= 11 is 0. The summed E-state index contributed by atoms with van der Waals surface area (Å²) in [5.41, 5.74) is 1.59. The van der Waals surface area contributed by atoms with Crippen molar-refractivity contribution in [1.29, 1.82) is 0 Å². The summed E-state index contributed by atoms with van der Waals surface area (Å²) < 4.78 is 0.480. The maximum absolute atomic E-state index is 13.2. The minimum atomic E-state index is -0.287. The predicted octanol–water partition coefficient (Wildman–Crippen LogP) is 4.28. The number of benzene rings is 2. The van der Waals surface area contributed by atoms with E-state index in [2.05, 4.69) is 24.5 Å². The van der Waals surface area contributed by atoms with Gasteiger partial charge in [-0.05, 0) is 50.8 Å². The van der Waals surface area contributed by atoms with Gasteiger partial charge in [-0.3, -0.25) is 4.79 Å². The van der Waals surface area contributed by atoms with Gasteiger partial charge in [-0.2, -0.15) is 0 Å². The zero-order valence-electron chi connectivity index (χ0n) is 17.4. The second-order valence-electron chi connectivity index (χ2n) is 8.12. The molecule has 1 saturated heterocycles. The number of amides is 3. The molecule has 0 aromatic heterocycles. The lowest BCUT2D eigenvalue weighted by Crippen LogP contribution is -2.63. The first kappa shape index (κ1) is 21.1. The normalized spacial score (nSPS) is 16.8. The van der Waals surface area contributed by atoms with Crippen molar-refractivity contribution in [1.82, 2.24) is 10.6 Å². The third-order valence-electron chi connectivity index (χ3n) is 6.01. The Morgan fingerprint density at radius 3 is 2.07 bits per heavy atom. The summed E-state index contributed by atoms with van der Waals surface area (Å²) in [7, 11) is 0. The Bertz CT molecular complexity index is 799.